The quantitative estimate of drug-likeness (QED) is 0.386. The van der Waals surface area contributed by atoms with Crippen LogP contribution in [0.1, 0.15) is 33.1 Å². The van der Waals surface area contributed by atoms with Crippen LogP contribution in [0.3, 0.4) is 0 Å². The molecule has 18 heavy (non-hydrogen) atoms. The van der Waals surface area contributed by atoms with Crippen LogP contribution in [0.4, 0.5) is 0 Å². The smallest absolute Gasteiger partial charge is 0.223 e. The summed E-state index contributed by atoms with van der Waals surface area (Å²) in [5.41, 5.74) is 0. The zero-order valence-corrected chi connectivity index (χ0v) is 12.2. The second-order valence-electron chi connectivity index (χ2n) is 5.31. The van der Waals surface area contributed by atoms with Crippen LogP contribution in [-0.2, 0) is 9.59 Å². The van der Waals surface area contributed by atoms with Gasteiger partial charge in [0.1, 0.15) is 6.54 Å². The first-order valence-corrected chi connectivity index (χ1v) is 6.60. The van der Waals surface area contributed by atoms with Crippen molar-refractivity contribution < 1.29 is 14.1 Å². The highest BCUT2D eigenvalue weighted by Gasteiger charge is 2.16. The number of allylic oxidation sites excluding steroid dienone is 1. The number of carbonyl (C=O) groups is 2. The molecule has 4 nitrogen and oxygen atoms in total. The van der Waals surface area contributed by atoms with Crippen molar-refractivity contribution in [3.8, 4) is 0 Å². The highest BCUT2D eigenvalue weighted by molar-refractivity contribution is 5.77. The predicted molar refractivity (Wildman–Crippen MR) is 74.2 cm³/mol. The van der Waals surface area contributed by atoms with Gasteiger partial charge >= 0.3 is 0 Å². The van der Waals surface area contributed by atoms with E-state index < -0.39 is 0 Å². The summed E-state index contributed by atoms with van der Waals surface area (Å²) in [7, 11) is 4.07. The molecular formula is C14H27N2O2+. The minimum absolute atomic E-state index is 0.0663. The van der Waals surface area contributed by atoms with Crippen LogP contribution in [0.2, 0.25) is 0 Å². The van der Waals surface area contributed by atoms with Crippen LogP contribution in [0, 0.1) is 0 Å². The molecule has 0 spiro atoms. The molecule has 0 heterocycles. The third-order valence-corrected chi connectivity index (χ3v) is 2.62. The molecule has 0 aliphatic rings. The zero-order valence-electron chi connectivity index (χ0n) is 12.2. The number of quaternary nitrogens is 1. The second kappa shape index (κ2) is 8.86. The maximum Gasteiger partial charge on any atom is 0.223 e. The topological polar surface area (TPSA) is 46.2 Å². The number of rotatable bonds is 9. The number of hydrogen-bond donors (Lipinski definition) is 1. The molecule has 4 heteroatoms. The van der Waals surface area contributed by atoms with E-state index in [9.17, 15) is 9.59 Å². The lowest BCUT2D eigenvalue weighted by atomic mass is 10.3. The van der Waals surface area contributed by atoms with Crippen LogP contribution < -0.4 is 5.32 Å². The van der Waals surface area contributed by atoms with Crippen molar-refractivity contribution in [2.45, 2.75) is 33.1 Å². The fourth-order valence-corrected chi connectivity index (χ4v) is 1.85. The Hall–Kier alpha value is -1.16. The van der Waals surface area contributed by atoms with Gasteiger partial charge in [0.15, 0.2) is 5.78 Å². The Morgan fingerprint density at radius 1 is 1.22 bits per heavy atom. The van der Waals surface area contributed by atoms with Gasteiger partial charge in [0.05, 0.1) is 20.6 Å². The molecule has 104 valence electrons. The molecule has 0 saturated heterocycles. The van der Waals surface area contributed by atoms with E-state index in [1.54, 1.807) is 6.92 Å². The average Bonchev–Trinajstić information content (AvgIpc) is 2.23. The predicted octanol–water partition coefficient (Wildman–Crippen LogP) is 1.51. The van der Waals surface area contributed by atoms with Gasteiger partial charge in [0.2, 0.25) is 5.91 Å². The fourth-order valence-electron chi connectivity index (χ4n) is 1.85. The fraction of sp³-hybridized carbons (Fsp3) is 0.714. The van der Waals surface area contributed by atoms with Gasteiger partial charge in [-0.25, -0.2) is 0 Å². The molecule has 0 bridgehead atoms. The van der Waals surface area contributed by atoms with Gasteiger partial charge in [-0.1, -0.05) is 19.1 Å². The molecule has 0 atom stereocenters. The molecule has 0 aromatic rings. The number of nitrogens with zero attached hydrogens (tertiary/aromatic N) is 1. The highest BCUT2D eigenvalue weighted by Crippen LogP contribution is 1.99. The van der Waals surface area contributed by atoms with E-state index in [2.05, 4.69) is 5.32 Å². The van der Waals surface area contributed by atoms with Crippen molar-refractivity contribution in [3.05, 3.63) is 12.2 Å². The standard InChI is InChI=1S/C14H26N2O2/c1-5-6-7-9-14(18)15-10-8-11-16(3,4)12-13(2)17/h6-7H,5,8-12H2,1-4H3/p+1/b7-6-. The summed E-state index contributed by atoms with van der Waals surface area (Å²) in [6, 6.07) is 0. The Balaban J connectivity index is 3.69. The number of likely N-dealkylation sites (N-methyl/N-ethyl adjacent to an activating group) is 1. The molecule has 0 unspecified atom stereocenters. The first kappa shape index (κ1) is 16.8. The first-order valence-electron chi connectivity index (χ1n) is 6.60. The van der Waals surface area contributed by atoms with E-state index in [4.69, 9.17) is 0 Å². The maximum atomic E-state index is 11.4. The number of hydrogen-bond acceptors (Lipinski definition) is 2. The number of ketones is 1. The number of Topliss-reactive ketones (excluding diaryl/α,β-unsaturated/α-hetero) is 1. The van der Waals surface area contributed by atoms with Crippen molar-refractivity contribution in [2.75, 3.05) is 33.7 Å². The van der Waals surface area contributed by atoms with Gasteiger partial charge < -0.3 is 9.80 Å². The lowest BCUT2D eigenvalue weighted by Gasteiger charge is -2.28. The highest BCUT2D eigenvalue weighted by atomic mass is 16.1. The van der Waals surface area contributed by atoms with Gasteiger partial charge in [0.25, 0.3) is 0 Å². The summed E-state index contributed by atoms with van der Waals surface area (Å²) < 4.78 is 0.681. The van der Waals surface area contributed by atoms with Crippen molar-refractivity contribution in [3.63, 3.8) is 0 Å². The number of nitrogens with one attached hydrogen (secondary N) is 1. The van der Waals surface area contributed by atoms with Crippen molar-refractivity contribution in [1.29, 1.82) is 0 Å². The van der Waals surface area contributed by atoms with E-state index in [0.29, 0.717) is 24.0 Å². The van der Waals surface area contributed by atoms with E-state index in [1.807, 2.05) is 33.2 Å². The van der Waals surface area contributed by atoms with Crippen LogP contribution in [0.25, 0.3) is 0 Å². The van der Waals surface area contributed by atoms with Crippen LogP contribution >= 0.6 is 0 Å². The molecule has 0 aromatic carbocycles. The van der Waals surface area contributed by atoms with Gasteiger partial charge in [-0.15, -0.1) is 0 Å². The SMILES string of the molecule is CC/C=C\CC(=O)NCCC[N+](C)(C)CC(C)=O. The first-order chi connectivity index (χ1) is 8.37. The summed E-state index contributed by atoms with van der Waals surface area (Å²) >= 11 is 0. The van der Waals surface area contributed by atoms with Gasteiger partial charge in [-0.05, 0) is 6.42 Å². The summed E-state index contributed by atoms with van der Waals surface area (Å²) in [6.45, 7) is 5.78. The Bertz CT molecular complexity index is 296. The molecule has 0 rings (SSSR count). The van der Waals surface area contributed by atoms with Gasteiger partial charge in [-0.3, -0.25) is 9.59 Å². The van der Waals surface area contributed by atoms with Gasteiger partial charge in [0, 0.05) is 26.3 Å². The molecule has 1 N–H and O–H groups in total. The summed E-state index contributed by atoms with van der Waals surface area (Å²) in [6.07, 6.45) is 6.20. The largest absolute Gasteiger partial charge is 0.356 e. The summed E-state index contributed by atoms with van der Waals surface area (Å²) in [5.74, 6) is 0.269. The maximum absolute atomic E-state index is 11.4. The second-order valence-corrected chi connectivity index (χ2v) is 5.31. The monoisotopic (exact) mass is 255 g/mol. The normalized spacial score (nSPS) is 11.8. The van der Waals surface area contributed by atoms with E-state index in [1.165, 1.54) is 0 Å². The Morgan fingerprint density at radius 3 is 2.44 bits per heavy atom. The van der Waals surface area contributed by atoms with Crippen molar-refractivity contribution >= 4 is 11.7 Å². The Labute approximate surface area is 111 Å². The van der Waals surface area contributed by atoms with Crippen LogP contribution in [0.5, 0.6) is 0 Å². The molecule has 0 aliphatic carbocycles. The van der Waals surface area contributed by atoms with Crippen LogP contribution in [-0.4, -0.2) is 49.9 Å². The molecule has 0 aromatic heterocycles. The van der Waals surface area contributed by atoms with Gasteiger partial charge in [-0.2, -0.15) is 0 Å². The zero-order chi connectivity index (χ0) is 14.0. The van der Waals surface area contributed by atoms with Crippen LogP contribution in [0.15, 0.2) is 12.2 Å². The average molecular weight is 255 g/mol. The Morgan fingerprint density at radius 2 is 1.89 bits per heavy atom. The Kier molecular flexibility index (Phi) is 8.29. The third-order valence-electron chi connectivity index (χ3n) is 2.62. The molecule has 0 fully saturated rings. The molecule has 0 aliphatic heterocycles. The van der Waals surface area contributed by atoms with E-state index >= 15 is 0 Å². The molecule has 0 radical (unpaired) electrons. The lowest BCUT2D eigenvalue weighted by molar-refractivity contribution is -0.882. The van der Waals surface area contributed by atoms with Crippen molar-refractivity contribution in [1.82, 2.24) is 5.32 Å². The lowest BCUT2D eigenvalue weighted by Crippen LogP contribution is -2.44. The molecule has 1 amide bonds. The van der Waals surface area contributed by atoms with E-state index in [0.717, 1.165) is 19.4 Å². The minimum atomic E-state index is 0.0663. The number of carbonyl (C=O) groups excluding carboxylic acids is 2. The minimum Gasteiger partial charge on any atom is -0.356 e. The summed E-state index contributed by atoms with van der Waals surface area (Å²) in [4.78, 5) is 22.5. The molecule has 0 saturated carbocycles. The summed E-state index contributed by atoms with van der Waals surface area (Å²) in [5, 5.41) is 2.88. The van der Waals surface area contributed by atoms with E-state index in [-0.39, 0.29) is 11.7 Å². The van der Waals surface area contributed by atoms with Crippen molar-refractivity contribution in [2.24, 2.45) is 0 Å². The third kappa shape index (κ3) is 10.0. The number of amides is 1. The molecular weight excluding hydrogens is 228 g/mol.